The number of carbonyl (C=O) groups is 1. The Kier molecular flexibility index (Phi) is 6.52. The fourth-order valence-electron chi connectivity index (χ4n) is 3.09. The van der Waals surface area contributed by atoms with Crippen molar-refractivity contribution in [2.24, 2.45) is 0 Å². The molecule has 1 heterocycles. The lowest BCUT2D eigenvalue weighted by Crippen LogP contribution is -2.20. The number of allylic oxidation sites excluding steroid dienone is 1. The van der Waals surface area contributed by atoms with E-state index in [1.807, 2.05) is 19.1 Å². The van der Waals surface area contributed by atoms with Crippen LogP contribution in [0.25, 0.3) is 0 Å². The molecule has 8 heteroatoms. The first-order chi connectivity index (χ1) is 13.7. The summed E-state index contributed by atoms with van der Waals surface area (Å²) >= 11 is 3.38. The highest BCUT2D eigenvalue weighted by Crippen LogP contribution is 2.42. The van der Waals surface area contributed by atoms with Gasteiger partial charge in [-0.2, -0.15) is 13.2 Å². The van der Waals surface area contributed by atoms with Crippen molar-refractivity contribution >= 4 is 33.3 Å². The van der Waals surface area contributed by atoms with Crippen molar-refractivity contribution in [3.8, 4) is 5.75 Å². The number of fused-ring (bicyclic) bond motifs is 1. The zero-order valence-corrected chi connectivity index (χ0v) is 17.2. The molecular weight excluding hydrogens is 449 g/mol. The number of hydrogen-bond acceptors (Lipinski definition) is 2. The molecule has 1 aliphatic rings. The molecule has 2 aromatic rings. The monoisotopic (exact) mass is 468 g/mol. The van der Waals surface area contributed by atoms with Crippen molar-refractivity contribution in [1.82, 2.24) is 0 Å². The molecule has 1 aliphatic heterocycles. The molecule has 0 fully saturated rings. The zero-order valence-electron chi connectivity index (χ0n) is 15.6. The molecule has 0 spiro atoms. The van der Waals surface area contributed by atoms with Crippen molar-refractivity contribution in [2.75, 3.05) is 17.2 Å². The molecule has 0 bridgehead atoms. The summed E-state index contributed by atoms with van der Waals surface area (Å²) < 4.78 is 44.5. The lowest BCUT2D eigenvalue weighted by Gasteiger charge is -2.20. The van der Waals surface area contributed by atoms with Gasteiger partial charge >= 0.3 is 12.2 Å². The van der Waals surface area contributed by atoms with Crippen LogP contribution in [0, 0.1) is 6.92 Å². The number of nitrogens with one attached hydrogen (secondary N) is 2. The minimum absolute atomic E-state index is 0.0954. The molecule has 2 amide bonds. The van der Waals surface area contributed by atoms with E-state index in [1.165, 1.54) is 0 Å². The third kappa shape index (κ3) is 6.00. The summed E-state index contributed by atoms with van der Waals surface area (Å²) in [6.45, 7) is 2.16. The van der Waals surface area contributed by atoms with Gasteiger partial charge in [0.25, 0.3) is 0 Å². The summed E-state index contributed by atoms with van der Waals surface area (Å²) in [4.78, 5) is 12.4. The molecule has 0 saturated heterocycles. The van der Waals surface area contributed by atoms with E-state index >= 15 is 0 Å². The number of benzene rings is 2. The van der Waals surface area contributed by atoms with E-state index < -0.39 is 24.5 Å². The number of amides is 2. The summed E-state index contributed by atoms with van der Waals surface area (Å²) in [7, 11) is 0. The van der Waals surface area contributed by atoms with Crippen LogP contribution in [0.1, 0.15) is 29.9 Å². The van der Waals surface area contributed by atoms with Crippen LogP contribution in [0.2, 0.25) is 0 Å². The lowest BCUT2D eigenvalue weighted by molar-refractivity contribution is -0.135. The molecule has 29 heavy (non-hydrogen) atoms. The fraction of sp³-hybridized carbons (Fsp3) is 0.286. The van der Waals surface area contributed by atoms with Gasteiger partial charge in [-0.25, -0.2) is 4.79 Å². The number of ether oxygens (including phenoxy) is 1. The van der Waals surface area contributed by atoms with E-state index in [1.54, 1.807) is 36.4 Å². The normalized spacial score (nSPS) is 15.8. The first-order valence-corrected chi connectivity index (χ1v) is 9.85. The van der Waals surface area contributed by atoms with Crippen LogP contribution in [-0.2, 0) is 0 Å². The quantitative estimate of drug-likeness (QED) is 0.486. The highest BCUT2D eigenvalue weighted by molar-refractivity contribution is 9.10. The summed E-state index contributed by atoms with van der Waals surface area (Å²) in [6.07, 6.45) is -1.81. The van der Waals surface area contributed by atoms with E-state index in [9.17, 15) is 18.0 Å². The van der Waals surface area contributed by atoms with Crippen LogP contribution < -0.4 is 15.4 Å². The summed E-state index contributed by atoms with van der Waals surface area (Å²) in [6, 6.07) is 10.2. The van der Waals surface area contributed by atoms with Gasteiger partial charge in [0.15, 0.2) is 0 Å². The molecule has 0 aliphatic carbocycles. The Labute approximate surface area is 175 Å². The predicted molar refractivity (Wildman–Crippen MR) is 111 cm³/mol. The molecule has 3 rings (SSSR count). The molecule has 2 aromatic carbocycles. The van der Waals surface area contributed by atoms with Crippen LogP contribution in [0.3, 0.4) is 0 Å². The van der Waals surface area contributed by atoms with Crippen LogP contribution in [0.4, 0.5) is 29.3 Å². The van der Waals surface area contributed by atoms with Gasteiger partial charge in [0.05, 0.1) is 5.69 Å². The Morgan fingerprint density at radius 2 is 1.93 bits per heavy atom. The number of halogens is 4. The number of alkyl halides is 3. The van der Waals surface area contributed by atoms with E-state index in [0.29, 0.717) is 27.2 Å². The number of anilines is 2. The lowest BCUT2D eigenvalue weighted by atomic mass is 9.92. The average molecular weight is 469 g/mol. The smallest absolute Gasteiger partial charge is 0.389 e. The Morgan fingerprint density at radius 3 is 2.62 bits per heavy atom. The molecule has 1 unspecified atom stereocenters. The highest BCUT2D eigenvalue weighted by Gasteiger charge is 2.30. The van der Waals surface area contributed by atoms with Gasteiger partial charge in [-0.05, 0) is 37.6 Å². The molecule has 1 atom stereocenters. The Hall–Kier alpha value is -2.48. The van der Waals surface area contributed by atoms with Gasteiger partial charge in [0, 0.05) is 28.1 Å². The average Bonchev–Trinajstić information content (AvgIpc) is 2.83. The van der Waals surface area contributed by atoms with Gasteiger partial charge in [-0.1, -0.05) is 45.8 Å². The first kappa shape index (κ1) is 21.2. The van der Waals surface area contributed by atoms with E-state index in [-0.39, 0.29) is 13.0 Å². The predicted octanol–water partition coefficient (Wildman–Crippen LogP) is 6.78. The number of rotatable bonds is 4. The summed E-state index contributed by atoms with van der Waals surface area (Å²) in [5.41, 5.74) is 2.68. The van der Waals surface area contributed by atoms with Crippen molar-refractivity contribution in [3.05, 3.63) is 64.1 Å². The number of carbonyl (C=O) groups excluding carboxylic acids is 1. The molecule has 0 radical (unpaired) electrons. The van der Waals surface area contributed by atoms with Crippen molar-refractivity contribution in [2.45, 2.75) is 31.9 Å². The standard InChI is InChI=1S/C21H20BrF3N2O2/c1-13-4-6-16(7-5-13)26-20(28)27-18-12-15(22)11-17-14(8-9-21(23,24)25)3-2-10-29-19(17)18/h2-7,11-12,14H,8-10H2,1H3,(H2,26,27,28). The second kappa shape index (κ2) is 8.90. The minimum Gasteiger partial charge on any atom is -0.487 e. The number of aryl methyl sites for hydroxylation is 1. The van der Waals surface area contributed by atoms with Gasteiger partial charge in [-0.15, -0.1) is 0 Å². The third-order valence-electron chi connectivity index (χ3n) is 4.47. The third-order valence-corrected chi connectivity index (χ3v) is 4.93. The van der Waals surface area contributed by atoms with E-state index in [4.69, 9.17) is 4.74 Å². The SMILES string of the molecule is Cc1ccc(NC(=O)Nc2cc(Br)cc3c2OCC=CC3CCC(F)(F)F)cc1. The van der Waals surface area contributed by atoms with E-state index in [0.717, 1.165) is 5.56 Å². The largest absolute Gasteiger partial charge is 0.487 e. The van der Waals surface area contributed by atoms with Crippen LogP contribution in [0.5, 0.6) is 5.75 Å². The Balaban J connectivity index is 1.82. The van der Waals surface area contributed by atoms with Gasteiger partial charge in [0.1, 0.15) is 12.4 Å². The topological polar surface area (TPSA) is 50.4 Å². The molecular formula is C21H20BrF3N2O2. The fourth-order valence-corrected chi connectivity index (χ4v) is 3.57. The molecule has 2 N–H and O–H groups in total. The van der Waals surface area contributed by atoms with Gasteiger partial charge in [-0.3, -0.25) is 0 Å². The maximum Gasteiger partial charge on any atom is 0.389 e. The Bertz CT molecular complexity index is 911. The van der Waals surface area contributed by atoms with Gasteiger partial charge < -0.3 is 15.4 Å². The minimum atomic E-state index is -4.23. The van der Waals surface area contributed by atoms with E-state index in [2.05, 4.69) is 26.6 Å². The summed E-state index contributed by atoms with van der Waals surface area (Å²) in [5, 5.41) is 5.47. The maximum absolute atomic E-state index is 12.7. The van der Waals surface area contributed by atoms with Crippen molar-refractivity contribution in [3.63, 3.8) is 0 Å². The second-order valence-corrected chi connectivity index (χ2v) is 7.73. The first-order valence-electron chi connectivity index (χ1n) is 9.05. The molecule has 154 valence electrons. The maximum atomic E-state index is 12.7. The van der Waals surface area contributed by atoms with Crippen LogP contribution in [-0.4, -0.2) is 18.8 Å². The van der Waals surface area contributed by atoms with Gasteiger partial charge in [0.2, 0.25) is 0 Å². The Morgan fingerprint density at radius 1 is 1.21 bits per heavy atom. The van der Waals surface area contributed by atoms with Crippen molar-refractivity contribution < 1.29 is 22.7 Å². The molecule has 0 aromatic heterocycles. The molecule has 4 nitrogen and oxygen atoms in total. The summed E-state index contributed by atoms with van der Waals surface area (Å²) in [5.74, 6) is -0.0863. The van der Waals surface area contributed by atoms with Crippen molar-refractivity contribution in [1.29, 1.82) is 0 Å². The second-order valence-electron chi connectivity index (χ2n) is 6.82. The highest BCUT2D eigenvalue weighted by atomic mass is 79.9. The zero-order chi connectivity index (χ0) is 21.0. The number of hydrogen-bond donors (Lipinski definition) is 2. The van der Waals surface area contributed by atoms with Crippen LogP contribution in [0.15, 0.2) is 53.0 Å². The molecule has 0 saturated carbocycles. The van der Waals surface area contributed by atoms with Crippen LogP contribution >= 0.6 is 15.9 Å². The number of urea groups is 1.